The van der Waals surface area contributed by atoms with Crippen LogP contribution in [0.2, 0.25) is 0 Å². The first kappa shape index (κ1) is 24.0. The number of nitrogens with zero attached hydrogens (tertiary/aromatic N) is 4. The van der Waals surface area contributed by atoms with Crippen molar-refractivity contribution in [2.75, 3.05) is 0 Å². The Balaban J connectivity index is 1.55. The van der Waals surface area contributed by atoms with E-state index < -0.39 is 5.97 Å². The van der Waals surface area contributed by atoms with Gasteiger partial charge in [-0.3, -0.25) is 9.78 Å². The number of hydrogen-bond donors (Lipinski definition) is 1. The summed E-state index contributed by atoms with van der Waals surface area (Å²) in [4.78, 5) is 33.5. The third-order valence-electron chi connectivity index (χ3n) is 5.80. The highest BCUT2D eigenvalue weighted by molar-refractivity contribution is 5.95. The van der Waals surface area contributed by atoms with Crippen LogP contribution in [0.25, 0.3) is 11.3 Å². The maximum Gasteiger partial charge on any atom is 0.336 e. The van der Waals surface area contributed by atoms with Crippen LogP contribution < -0.4 is 0 Å². The van der Waals surface area contributed by atoms with Crippen LogP contribution in [0, 0.1) is 0 Å². The summed E-state index contributed by atoms with van der Waals surface area (Å²) < 4.78 is 1.79. The highest BCUT2D eigenvalue weighted by Crippen LogP contribution is 2.22. The van der Waals surface area contributed by atoms with Crippen LogP contribution in [0.1, 0.15) is 64.1 Å². The number of aryl methyl sites for hydroxylation is 1. The third kappa shape index (κ3) is 6.06. The molecule has 2 heterocycles. The zero-order valence-electron chi connectivity index (χ0n) is 19.7. The van der Waals surface area contributed by atoms with Crippen molar-refractivity contribution in [3.8, 4) is 11.3 Å². The lowest BCUT2D eigenvalue weighted by Gasteiger charge is -2.08. The van der Waals surface area contributed by atoms with Crippen molar-refractivity contribution in [2.24, 2.45) is 0 Å². The molecule has 0 saturated heterocycles. The number of rotatable bonds is 11. The molecule has 35 heavy (non-hydrogen) atoms. The van der Waals surface area contributed by atoms with Crippen LogP contribution in [-0.2, 0) is 19.4 Å². The van der Waals surface area contributed by atoms with Crippen molar-refractivity contribution in [3.05, 3.63) is 101 Å². The number of ketones is 1. The zero-order valence-corrected chi connectivity index (χ0v) is 19.7. The van der Waals surface area contributed by atoms with Gasteiger partial charge >= 0.3 is 5.97 Å². The molecule has 0 amide bonds. The summed E-state index contributed by atoms with van der Waals surface area (Å²) in [5.74, 6) is -0.0700. The lowest BCUT2D eigenvalue weighted by Crippen LogP contribution is -2.09. The first-order chi connectivity index (χ1) is 17.0. The van der Waals surface area contributed by atoms with Gasteiger partial charge in [0.15, 0.2) is 0 Å². The summed E-state index contributed by atoms with van der Waals surface area (Å²) in [7, 11) is 0. The fourth-order valence-electron chi connectivity index (χ4n) is 3.94. The minimum atomic E-state index is -0.987. The number of unbranched alkanes of at least 4 members (excludes halogenated alkanes) is 2. The van der Waals surface area contributed by atoms with E-state index in [1.54, 1.807) is 35.1 Å². The number of aromatic nitrogens is 4. The Morgan fingerprint density at radius 1 is 0.914 bits per heavy atom. The minimum Gasteiger partial charge on any atom is -0.478 e. The summed E-state index contributed by atoms with van der Waals surface area (Å²) in [6.07, 6.45) is 5.88. The van der Waals surface area contributed by atoms with Gasteiger partial charge < -0.3 is 5.11 Å². The van der Waals surface area contributed by atoms with Crippen molar-refractivity contribution < 1.29 is 14.7 Å². The van der Waals surface area contributed by atoms with E-state index in [1.807, 2.05) is 42.5 Å². The Kier molecular flexibility index (Phi) is 7.77. The highest BCUT2D eigenvalue weighted by atomic mass is 16.4. The molecule has 1 N–H and O–H groups in total. The highest BCUT2D eigenvalue weighted by Gasteiger charge is 2.17. The molecule has 0 fully saturated rings. The summed E-state index contributed by atoms with van der Waals surface area (Å²) in [5, 5.41) is 14.0. The molecule has 4 aromatic rings. The van der Waals surface area contributed by atoms with Crippen LogP contribution in [0.5, 0.6) is 0 Å². The second-order valence-electron chi connectivity index (χ2n) is 8.45. The lowest BCUT2D eigenvalue weighted by molar-refractivity contribution is 0.0697. The van der Waals surface area contributed by atoms with E-state index in [9.17, 15) is 14.7 Å². The number of carboxylic acid groups (broad SMARTS) is 1. The topological polar surface area (TPSA) is 98.0 Å². The third-order valence-corrected chi connectivity index (χ3v) is 5.80. The van der Waals surface area contributed by atoms with E-state index in [-0.39, 0.29) is 23.6 Å². The standard InChI is InChI=1S/C28H28N4O3/c1-2-3-5-14-26-30-27(25(33)17-20-10-6-4-7-11-20)31-32(26)19-21-15-16-24(29-18-21)22-12-8-9-13-23(22)28(34)35/h4,6-13,15-16,18H,2-3,5,14,17,19H2,1H3,(H,34,35). The molecule has 0 aliphatic rings. The molecule has 2 aromatic carbocycles. The Hall–Kier alpha value is -4.13. The number of carbonyl (C=O) groups excluding carboxylic acids is 1. The van der Waals surface area contributed by atoms with Crippen LogP contribution in [-0.4, -0.2) is 36.6 Å². The number of carbonyl (C=O) groups is 2. The molecule has 7 nitrogen and oxygen atoms in total. The fraction of sp³-hybridized carbons (Fsp3) is 0.250. The first-order valence-corrected chi connectivity index (χ1v) is 11.8. The minimum absolute atomic E-state index is 0.106. The SMILES string of the molecule is CCCCCc1nc(C(=O)Cc2ccccc2)nn1Cc1ccc(-c2ccccc2C(=O)O)nc1. The number of aromatic carboxylic acids is 1. The quantitative estimate of drug-likeness (QED) is 0.239. The van der Waals surface area contributed by atoms with Gasteiger partial charge in [0.2, 0.25) is 11.6 Å². The molecule has 0 spiro atoms. The molecule has 0 saturated carbocycles. The first-order valence-electron chi connectivity index (χ1n) is 11.8. The molecular weight excluding hydrogens is 440 g/mol. The number of carboxylic acids is 1. The average Bonchev–Trinajstić information content (AvgIpc) is 3.28. The molecule has 178 valence electrons. The van der Waals surface area contributed by atoms with Gasteiger partial charge in [-0.15, -0.1) is 5.10 Å². The van der Waals surface area contributed by atoms with Crippen LogP contribution in [0.15, 0.2) is 72.9 Å². The smallest absolute Gasteiger partial charge is 0.336 e. The number of Topliss-reactive ketones (excluding diaryl/α,β-unsaturated/α-hetero) is 1. The van der Waals surface area contributed by atoms with Crippen molar-refractivity contribution >= 4 is 11.8 Å². The second kappa shape index (κ2) is 11.3. The van der Waals surface area contributed by atoms with Crippen molar-refractivity contribution in [3.63, 3.8) is 0 Å². The zero-order chi connectivity index (χ0) is 24.6. The van der Waals surface area contributed by atoms with Gasteiger partial charge in [-0.05, 0) is 29.7 Å². The Morgan fingerprint density at radius 2 is 1.69 bits per heavy atom. The van der Waals surface area contributed by atoms with E-state index in [0.717, 1.165) is 42.6 Å². The molecule has 0 unspecified atom stereocenters. The van der Waals surface area contributed by atoms with Crippen LogP contribution >= 0.6 is 0 Å². The summed E-state index contributed by atoms with van der Waals surface area (Å²) in [6.45, 7) is 2.58. The monoisotopic (exact) mass is 468 g/mol. The van der Waals surface area contributed by atoms with Crippen molar-refractivity contribution in [1.82, 2.24) is 19.7 Å². The normalized spacial score (nSPS) is 10.9. The molecular formula is C28H28N4O3. The molecule has 0 aliphatic heterocycles. The molecule has 4 rings (SSSR count). The summed E-state index contributed by atoms with van der Waals surface area (Å²) >= 11 is 0. The number of benzene rings is 2. The Labute approximate surface area is 204 Å². The van der Waals surface area contributed by atoms with Gasteiger partial charge in [-0.25, -0.2) is 14.5 Å². The van der Waals surface area contributed by atoms with Crippen LogP contribution in [0.3, 0.4) is 0 Å². The molecule has 0 aliphatic carbocycles. The van der Waals surface area contributed by atoms with Gasteiger partial charge in [0, 0.05) is 24.6 Å². The molecule has 0 atom stereocenters. The number of hydrogen-bond acceptors (Lipinski definition) is 5. The van der Waals surface area contributed by atoms with Crippen molar-refractivity contribution in [2.45, 2.75) is 45.6 Å². The maximum absolute atomic E-state index is 12.9. The van der Waals surface area contributed by atoms with Crippen LogP contribution in [0.4, 0.5) is 0 Å². The second-order valence-corrected chi connectivity index (χ2v) is 8.45. The Morgan fingerprint density at radius 3 is 2.40 bits per heavy atom. The summed E-state index contributed by atoms with van der Waals surface area (Å²) in [6, 6.07) is 20.1. The molecule has 0 bridgehead atoms. The van der Waals surface area contributed by atoms with Crippen molar-refractivity contribution in [1.29, 1.82) is 0 Å². The largest absolute Gasteiger partial charge is 0.478 e. The number of pyridine rings is 1. The predicted octanol–water partition coefficient (Wildman–Crippen LogP) is 5.24. The molecule has 7 heteroatoms. The van der Waals surface area contributed by atoms with Gasteiger partial charge in [0.05, 0.1) is 17.8 Å². The van der Waals surface area contributed by atoms with E-state index in [4.69, 9.17) is 0 Å². The van der Waals surface area contributed by atoms with E-state index in [0.29, 0.717) is 17.8 Å². The molecule has 0 radical (unpaired) electrons. The van der Waals surface area contributed by atoms with E-state index in [2.05, 4.69) is 22.0 Å². The van der Waals surface area contributed by atoms with E-state index in [1.165, 1.54) is 0 Å². The van der Waals surface area contributed by atoms with Gasteiger partial charge in [-0.2, -0.15) is 0 Å². The van der Waals surface area contributed by atoms with E-state index >= 15 is 0 Å². The van der Waals surface area contributed by atoms with Gasteiger partial charge in [0.25, 0.3) is 0 Å². The average molecular weight is 469 g/mol. The predicted molar refractivity (Wildman–Crippen MR) is 133 cm³/mol. The molecule has 2 aromatic heterocycles. The fourth-order valence-corrected chi connectivity index (χ4v) is 3.94. The summed E-state index contributed by atoms with van der Waals surface area (Å²) in [5.41, 5.74) is 3.20. The maximum atomic E-state index is 12.9. The van der Waals surface area contributed by atoms with Gasteiger partial charge in [-0.1, -0.05) is 74.4 Å². The lowest BCUT2D eigenvalue weighted by atomic mass is 10.0. The Bertz CT molecular complexity index is 1300. The van der Waals surface area contributed by atoms with Gasteiger partial charge in [0.1, 0.15) is 5.82 Å².